The van der Waals surface area contributed by atoms with Gasteiger partial charge in [0.2, 0.25) is 0 Å². The van der Waals surface area contributed by atoms with Crippen LogP contribution in [0.15, 0.2) is 71.8 Å². The Morgan fingerprint density at radius 3 is 1.87 bits per heavy atom. The second kappa shape index (κ2) is 13.6. The van der Waals surface area contributed by atoms with E-state index in [-0.39, 0.29) is 46.9 Å². The van der Waals surface area contributed by atoms with Crippen LogP contribution >= 0.6 is 12.4 Å². The second-order valence-corrected chi connectivity index (χ2v) is 18.3. The van der Waals surface area contributed by atoms with Gasteiger partial charge < -0.3 is 19.7 Å². The highest BCUT2D eigenvalue weighted by molar-refractivity contribution is 5.91. The van der Waals surface area contributed by atoms with Gasteiger partial charge in [0.1, 0.15) is 11.5 Å². The Labute approximate surface area is 319 Å². The number of benzene rings is 2. The third-order valence-corrected chi connectivity index (χ3v) is 15.0. The molecule has 0 radical (unpaired) electrons. The number of ether oxygens (including phenoxy) is 2. The summed E-state index contributed by atoms with van der Waals surface area (Å²) in [5.41, 5.74) is 0.252. The molecular formula is C44H55ClO8. The van der Waals surface area contributed by atoms with Gasteiger partial charge in [0.05, 0.1) is 16.5 Å². The zero-order valence-corrected chi connectivity index (χ0v) is 32.7. The summed E-state index contributed by atoms with van der Waals surface area (Å²) < 4.78 is 12.5. The van der Waals surface area contributed by atoms with Gasteiger partial charge >= 0.3 is 23.9 Å². The lowest BCUT2D eigenvalue weighted by Crippen LogP contribution is -2.68. The standard InChI is InChI=1S/C44H54O8.ClH/c1-26-23-33-41(4,29-17-20-44(39(49)50)22-21-40(2,3)24-30(44)34(26)29)19-18-32-42(33,5)25-31(51-36(45)27-13-9-7-10-14-27)35(43(32,6)38(47)48)52-37(46)28-15-11-8-12-16-28;/h7-16,26,30-33,35H,17-25H2,1-6H3,(H,47,48)(H,49,50);1H/t26?,30?,31?,32?,33?,35?,41?,42?,43-,44?;/m0./s1. The molecule has 5 aliphatic rings. The van der Waals surface area contributed by atoms with Gasteiger partial charge in [-0.1, -0.05) is 82.2 Å². The van der Waals surface area contributed by atoms with Crippen LogP contribution in [0.5, 0.6) is 0 Å². The molecule has 2 aromatic carbocycles. The lowest BCUT2D eigenvalue weighted by molar-refractivity contribution is -0.225. The van der Waals surface area contributed by atoms with Crippen molar-refractivity contribution in [1.29, 1.82) is 0 Å². The quantitative estimate of drug-likeness (QED) is 0.221. The summed E-state index contributed by atoms with van der Waals surface area (Å²) in [7, 11) is 0. The lowest BCUT2D eigenvalue weighted by atomic mass is 9.37. The molecule has 0 aromatic heterocycles. The van der Waals surface area contributed by atoms with Gasteiger partial charge in [-0.2, -0.15) is 0 Å². The summed E-state index contributed by atoms with van der Waals surface area (Å²) in [6, 6.07) is 17.2. The topological polar surface area (TPSA) is 127 Å². The molecule has 7 rings (SSSR count). The minimum absolute atomic E-state index is 0. The summed E-state index contributed by atoms with van der Waals surface area (Å²) in [5.74, 6) is -3.20. The SMILES string of the molecule is CC1CC2C(C)(CCC3C2(C)CC(OC(=O)c2ccccc2)C(OC(=O)c2ccccc2)[C@@]3(C)C(=O)O)C2=C1C1CC(C)(C)CCC1(C(=O)O)CC2.Cl. The van der Waals surface area contributed by atoms with Gasteiger partial charge in [-0.15, -0.1) is 12.4 Å². The van der Waals surface area contributed by atoms with Crippen LogP contribution in [0, 0.1) is 50.7 Å². The molecule has 2 N–H and O–H groups in total. The van der Waals surface area contributed by atoms with E-state index in [1.165, 1.54) is 11.1 Å². The zero-order valence-electron chi connectivity index (χ0n) is 31.9. The smallest absolute Gasteiger partial charge is 0.338 e. The Hall–Kier alpha value is -3.65. The Morgan fingerprint density at radius 1 is 0.717 bits per heavy atom. The van der Waals surface area contributed by atoms with E-state index >= 15 is 0 Å². The third kappa shape index (κ3) is 6.02. The summed E-state index contributed by atoms with van der Waals surface area (Å²) >= 11 is 0. The first-order valence-corrected chi connectivity index (χ1v) is 19.2. The van der Waals surface area contributed by atoms with Crippen LogP contribution in [0.2, 0.25) is 0 Å². The number of halogens is 1. The number of carboxylic acids is 2. The van der Waals surface area contributed by atoms with Crippen molar-refractivity contribution in [2.75, 3.05) is 0 Å². The fourth-order valence-electron chi connectivity index (χ4n) is 12.4. The highest BCUT2D eigenvalue weighted by atomic mass is 35.5. The highest BCUT2D eigenvalue weighted by Gasteiger charge is 2.71. The van der Waals surface area contributed by atoms with Crippen molar-refractivity contribution >= 4 is 36.3 Å². The van der Waals surface area contributed by atoms with Crippen LogP contribution < -0.4 is 0 Å². The van der Waals surface area contributed by atoms with Crippen molar-refractivity contribution in [2.24, 2.45) is 50.7 Å². The van der Waals surface area contributed by atoms with Crippen molar-refractivity contribution in [1.82, 2.24) is 0 Å². The molecule has 286 valence electrons. The highest BCUT2D eigenvalue weighted by Crippen LogP contribution is 2.73. The Bertz CT molecular complexity index is 1810. The molecule has 0 amide bonds. The summed E-state index contributed by atoms with van der Waals surface area (Å²) in [6.07, 6.45) is 4.06. The van der Waals surface area contributed by atoms with Gasteiger partial charge in [0, 0.05) is 0 Å². The van der Waals surface area contributed by atoms with Crippen LogP contribution in [0.4, 0.5) is 0 Å². The second-order valence-electron chi connectivity index (χ2n) is 18.3. The molecule has 2 aromatic rings. The molecule has 9 heteroatoms. The first kappa shape index (κ1) is 39.1. The van der Waals surface area contributed by atoms with E-state index in [0.29, 0.717) is 36.8 Å². The Kier molecular flexibility index (Phi) is 10.0. The fraction of sp³-hybridized carbons (Fsp3) is 0.591. The molecule has 0 spiro atoms. The van der Waals surface area contributed by atoms with Gasteiger partial charge in [-0.3, -0.25) is 9.59 Å². The van der Waals surface area contributed by atoms with E-state index in [9.17, 15) is 29.4 Å². The number of hydrogen-bond acceptors (Lipinski definition) is 6. The molecule has 0 aliphatic heterocycles. The van der Waals surface area contributed by atoms with Crippen LogP contribution in [-0.2, 0) is 19.1 Å². The molecule has 0 bridgehead atoms. The predicted molar refractivity (Wildman–Crippen MR) is 203 cm³/mol. The predicted octanol–water partition coefficient (Wildman–Crippen LogP) is 9.42. The minimum atomic E-state index is -1.56. The number of carboxylic acid groups (broad SMARTS) is 2. The number of allylic oxidation sites excluding steroid dienone is 2. The molecule has 8 nitrogen and oxygen atoms in total. The average Bonchev–Trinajstić information content (AvgIpc) is 3.10. The summed E-state index contributed by atoms with van der Waals surface area (Å²) in [6.45, 7) is 13.0. The number of carbonyl (C=O) groups is 4. The van der Waals surface area contributed by atoms with Gasteiger partial charge in [-0.25, -0.2) is 9.59 Å². The van der Waals surface area contributed by atoms with E-state index in [0.717, 1.165) is 32.1 Å². The van der Waals surface area contributed by atoms with E-state index in [1.807, 2.05) is 6.07 Å². The van der Waals surface area contributed by atoms with E-state index < -0.39 is 52.3 Å². The molecule has 5 aliphatic carbocycles. The maximum absolute atomic E-state index is 13.8. The normalized spacial score (nSPS) is 38.4. The van der Waals surface area contributed by atoms with Crippen LogP contribution in [0.25, 0.3) is 0 Å². The number of rotatable bonds is 6. The number of fused-ring (bicyclic) bond motifs is 6. The first-order chi connectivity index (χ1) is 24.5. The molecule has 0 saturated heterocycles. The monoisotopic (exact) mass is 746 g/mol. The summed E-state index contributed by atoms with van der Waals surface area (Å²) in [5, 5.41) is 22.0. The van der Waals surface area contributed by atoms with E-state index in [1.54, 1.807) is 61.5 Å². The summed E-state index contributed by atoms with van der Waals surface area (Å²) in [4.78, 5) is 54.3. The van der Waals surface area contributed by atoms with Gasteiger partial charge in [-0.05, 0) is 129 Å². The third-order valence-electron chi connectivity index (χ3n) is 15.0. The fourth-order valence-corrected chi connectivity index (χ4v) is 12.4. The Balaban J connectivity index is 0.00000481. The molecule has 3 fully saturated rings. The number of esters is 2. The molecule has 53 heavy (non-hydrogen) atoms. The van der Waals surface area contributed by atoms with Gasteiger partial charge in [0.15, 0.2) is 6.10 Å². The molecule has 0 heterocycles. The van der Waals surface area contributed by atoms with Crippen molar-refractivity contribution in [3.8, 4) is 0 Å². The maximum atomic E-state index is 13.8. The molecule has 10 atom stereocenters. The first-order valence-electron chi connectivity index (χ1n) is 19.2. The minimum Gasteiger partial charge on any atom is -0.481 e. The molecular weight excluding hydrogens is 692 g/mol. The van der Waals surface area contributed by atoms with Crippen LogP contribution in [0.3, 0.4) is 0 Å². The molecule has 9 unspecified atom stereocenters. The lowest BCUT2D eigenvalue weighted by Gasteiger charge is -2.67. The van der Waals surface area contributed by atoms with Crippen molar-refractivity contribution in [3.63, 3.8) is 0 Å². The van der Waals surface area contributed by atoms with Gasteiger partial charge in [0.25, 0.3) is 0 Å². The number of carbonyl (C=O) groups excluding carboxylic acids is 2. The Morgan fingerprint density at radius 2 is 1.30 bits per heavy atom. The number of hydrogen-bond donors (Lipinski definition) is 2. The van der Waals surface area contributed by atoms with E-state index in [4.69, 9.17) is 9.47 Å². The molecule has 3 saturated carbocycles. The average molecular weight is 747 g/mol. The van der Waals surface area contributed by atoms with Crippen molar-refractivity contribution in [3.05, 3.63) is 82.9 Å². The van der Waals surface area contributed by atoms with Crippen molar-refractivity contribution < 1.29 is 38.9 Å². The van der Waals surface area contributed by atoms with E-state index in [2.05, 4.69) is 34.6 Å². The van der Waals surface area contributed by atoms with Crippen LogP contribution in [0.1, 0.15) is 120 Å². The van der Waals surface area contributed by atoms with Crippen molar-refractivity contribution in [2.45, 2.75) is 112 Å². The maximum Gasteiger partial charge on any atom is 0.338 e. The number of aliphatic carboxylic acids is 2. The largest absolute Gasteiger partial charge is 0.481 e. The zero-order chi connectivity index (χ0) is 37.4. The van der Waals surface area contributed by atoms with Crippen LogP contribution in [-0.4, -0.2) is 46.3 Å².